The molecule has 0 spiro atoms. The van der Waals surface area contributed by atoms with Crippen molar-refractivity contribution in [2.45, 2.75) is 49.9 Å². The van der Waals surface area contributed by atoms with E-state index in [2.05, 4.69) is 20.9 Å². The molecule has 4 amide bonds. The number of nitrogens with two attached hydrogens (primary N) is 2. The maximum absolute atomic E-state index is 13.3. The number of carbonyl (C=O) groups excluding carboxylic acids is 4. The summed E-state index contributed by atoms with van der Waals surface area (Å²) in [5, 5.41) is 17.9. The summed E-state index contributed by atoms with van der Waals surface area (Å²) in [6.45, 7) is 0. The maximum atomic E-state index is 13.3. The summed E-state index contributed by atoms with van der Waals surface area (Å²) in [5.74, 6) is -3.89. The van der Waals surface area contributed by atoms with Gasteiger partial charge in [-0.2, -0.15) is 11.8 Å². The number of aromatic amines is 1. The van der Waals surface area contributed by atoms with Crippen LogP contribution in [0.1, 0.15) is 24.0 Å². The molecular weight excluding hydrogens is 576 g/mol. The first-order valence-electron chi connectivity index (χ1n) is 13.3. The molecule has 11 N–H and O–H groups in total. The van der Waals surface area contributed by atoms with Crippen LogP contribution in [0.2, 0.25) is 0 Å². The van der Waals surface area contributed by atoms with E-state index in [0.717, 1.165) is 22.0 Å². The fourth-order valence-corrected chi connectivity index (χ4v) is 4.89. The van der Waals surface area contributed by atoms with Crippen molar-refractivity contribution in [3.05, 3.63) is 71.9 Å². The molecule has 2 aromatic carbocycles. The van der Waals surface area contributed by atoms with Gasteiger partial charge in [-0.05, 0) is 42.0 Å². The number of benzene rings is 2. The second-order valence-electron chi connectivity index (χ2n) is 9.83. The predicted octanol–water partition coefficient (Wildman–Crippen LogP) is -0.377. The number of carboxylic acid groups (broad SMARTS) is 1. The number of primary amides is 1. The minimum Gasteiger partial charge on any atom is -0.481 e. The van der Waals surface area contributed by atoms with Crippen LogP contribution >= 0.6 is 11.8 Å². The molecular formula is C29H38N6O7S. The van der Waals surface area contributed by atoms with Crippen molar-refractivity contribution in [3.63, 3.8) is 0 Å². The Labute approximate surface area is 252 Å². The van der Waals surface area contributed by atoms with Gasteiger partial charge in [0, 0.05) is 23.5 Å². The molecule has 14 heteroatoms. The lowest BCUT2D eigenvalue weighted by Crippen LogP contribution is -2.58. The molecule has 0 unspecified atom stereocenters. The highest BCUT2D eigenvalue weighted by atomic mass is 32.2. The van der Waals surface area contributed by atoms with E-state index < -0.39 is 60.2 Å². The highest BCUT2D eigenvalue weighted by Gasteiger charge is 2.31. The van der Waals surface area contributed by atoms with E-state index in [0.29, 0.717) is 5.75 Å². The van der Waals surface area contributed by atoms with Gasteiger partial charge in [-0.1, -0.05) is 48.5 Å². The van der Waals surface area contributed by atoms with Crippen LogP contribution in [0.25, 0.3) is 10.9 Å². The molecule has 1 aromatic heterocycles. The molecule has 0 radical (unpaired) electrons. The molecule has 4 atom stereocenters. The summed E-state index contributed by atoms with van der Waals surface area (Å²) in [6, 6.07) is 11.7. The number of carbonyl (C=O) groups is 5. The molecule has 13 nitrogen and oxygen atoms in total. The summed E-state index contributed by atoms with van der Waals surface area (Å²) in [5.41, 5.74) is 14.1. The Morgan fingerprint density at radius 3 is 2.12 bits per heavy atom. The van der Waals surface area contributed by atoms with Gasteiger partial charge in [0.2, 0.25) is 23.6 Å². The van der Waals surface area contributed by atoms with Crippen molar-refractivity contribution in [1.29, 1.82) is 0 Å². The molecule has 43 heavy (non-hydrogen) atoms. The number of aromatic nitrogens is 1. The predicted molar refractivity (Wildman–Crippen MR) is 164 cm³/mol. The molecule has 0 saturated heterocycles. The number of nitrogens with one attached hydrogen (secondary N) is 4. The lowest BCUT2D eigenvalue weighted by Gasteiger charge is -2.25. The number of hydrogen-bond donors (Lipinski definition) is 7. The molecule has 1 heterocycles. The first-order chi connectivity index (χ1) is 20.1. The molecule has 0 bridgehead atoms. The van der Waals surface area contributed by atoms with Crippen molar-refractivity contribution in [1.82, 2.24) is 20.9 Å². The molecule has 3 rings (SSSR count). The average Bonchev–Trinajstić information content (AvgIpc) is 3.37. The van der Waals surface area contributed by atoms with Crippen molar-refractivity contribution in [3.8, 4) is 0 Å². The van der Waals surface area contributed by atoms with Crippen molar-refractivity contribution < 1.29 is 34.6 Å². The minimum absolute atomic E-state index is 0. The summed E-state index contributed by atoms with van der Waals surface area (Å²) in [7, 11) is 0. The average molecular weight is 615 g/mol. The Kier molecular flexibility index (Phi) is 13.7. The van der Waals surface area contributed by atoms with Gasteiger partial charge in [-0.15, -0.1) is 0 Å². The fourth-order valence-electron chi connectivity index (χ4n) is 4.41. The zero-order valence-corrected chi connectivity index (χ0v) is 24.5. The van der Waals surface area contributed by atoms with Crippen LogP contribution in [0.4, 0.5) is 0 Å². The lowest BCUT2D eigenvalue weighted by atomic mass is 10.0. The molecule has 232 valence electrons. The van der Waals surface area contributed by atoms with Crippen LogP contribution in [-0.4, -0.2) is 81.3 Å². The van der Waals surface area contributed by atoms with Gasteiger partial charge in [0.25, 0.3) is 0 Å². The first-order valence-corrected chi connectivity index (χ1v) is 14.7. The van der Waals surface area contributed by atoms with E-state index in [1.54, 1.807) is 36.5 Å². The summed E-state index contributed by atoms with van der Waals surface area (Å²) < 4.78 is 0. The Bertz CT molecular complexity index is 1400. The zero-order valence-electron chi connectivity index (χ0n) is 23.7. The number of thioether (sulfide) groups is 1. The number of H-pyrrole nitrogens is 1. The lowest BCUT2D eigenvalue weighted by molar-refractivity contribution is -0.141. The van der Waals surface area contributed by atoms with Gasteiger partial charge in [-0.25, -0.2) is 0 Å². The monoisotopic (exact) mass is 614 g/mol. The number of fused-ring (bicyclic) bond motifs is 1. The summed E-state index contributed by atoms with van der Waals surface area (Å²) in [6.07, 6.45) is 3.36. The number of carboxylic acids is 1. The van der Waals surface area contributed by atoms with Gasteiger partial charge in [0.1, 0.15) is 18.1 Å². The van der Waals surface area contributed by atoms with E-state index in [9.17, 15) is 29.1 Å². The molecule has 0 aliphatic carbocycles. The van der Waals surface area contributed by atoms with Crippen LogP contribution in [0.3, 0.4) is 0 Å². The third kappa shape index (κ3) is 10.4. The Balaban J connectivity index is 0.00000645. The van der Waals surface area contributed by atoms with E-state index in [4.69, 9.17) is 11.5 Å². The minimum atomic E-state index is -1.53. The zero-order chi connectivity index (χ0) is 30.6. The van der Waals surface area contributed by atoms with E-state index in [1.165, 1.54) is 11.8 Å². The molecule has 0 saturated carbocycles. The Hall–Kier alpha value is -4.40. The van der Waals surface area contributed by atoms with Crippen molar-refractivity contribution >= 4 is 52.3 Å². The number of rotatable bonds is 16. The van der Waals surface area contributed by atoms with E-state index in [-0.39, 0.29) is 24.7 Å². The smallest absolute Gasteiger partial charge is 0.305 e. The van der Waals surface area contributed by atoms with Gasteiger partial charge < -0.3 is 43.0 Å². The fraction of sp³-hybridized carbons (Fsp3) is 0.345. The van der Waals surface area contributed by atoms with Crippen LogP contribution < -0.4 is 27.4 Å². The standard InChI is InChI=1S/C29H36N6O6S.H2O/c1-42-12-11-22(33-27(39)20(30)14-18-16-32-21-10-6-5-9-19(18)21)28(40)35-24(15-25(36)37)29(41)34-23(26(31)38)13-17-7-3-2-4-8-17;/h2-10,16,20,22-24,32H,11-15,30H2,1H3,(H2,31,38)(H,33,39)(H,34,41)(H,35,40)(H,36,37);1H2/t20-,22-,23-,24-;/m0./s1. The van der Waals surface area contributed by atoms with E-state index >= 15 is 0 Å². The third-order valence-corrected chi connectivity index (χ3v) is 7.29. The molecule has 0 aliphatic rings. The number of aliphatic carboxylic acids is 1. The summed E-state index contributed by atoms with van der Waals surface area (Å²) in [4.78, 5) is 66.1. The van der Waals surface area contributed by atoms with Crippen molar-refractivity contribution in [2.75, 3.05) is 12.0 Å². The van der Waals surface area contributed by atoms with Gasteiger partial charge in [-0.3, -0.25) is 24.0 Å². The number of hydrogen-bond acceptors (Lipinski definition) is 7. The van der Waals surface area contributed by atoms with Crippen molar-refractivity contribution in [2.24, 2.45) is 11.5 Å². The highest BCUT2D eigenvalue weighted by Crippen LogP contribution is 2.19. The van der Waals surface area contributed by atoms with Crippen LogP contribution in [-0.2, 0) is 36.8 Å². The third-order valence-electron chi connectivity index (χ3n) is 6.65. The number of amides is 4. The highest BCUT2D eigenvalue weighted by molar-refractivity contribution is 7.98. The largest absolute Gasteiger partial charge is 0.481 e. The van der Waals surface area contributed by atoms with Crippen LogP contribution in [0.15, 0.2) is 60.8 Å². The SMILES string of the molecule is CSCC[C@H](NC(=O)[C@@H](N)Cc1c[nH]c2ccccc12)C(=O)N[C@@H](CC(=O)O)C(=O)N[C@@H](Cc1ccccc1)C(N)=O.O. The molecule has 3 aromatic rings. The second-order valence-corrected chi connectivity index (χ2v) is 10.8. The topological polar surface area (TPSA) is 241 Å². The first kappa shape index (κ1) is 34.8. The molecule has 0 aliphatic heterocycles. The van der Waals surface area contributed by atoms with Gasteiger partial charge >= 0.3 is 5.97 Å². The normalized spacial score (nSPS) is 13.5. The Morgan fingerprint density at radius 2 is 1.47 bits per heavy atom. The Morgan fingerprint density at radius 1 is 0.860 bits per heavy atom. The van der Waals surface area contributed by atoms with Gasteiger partial charge in [0.05, 0.1) is 12.5 Å². The second kappa shape index (κ2) is 16.9. The van der Waals surface area contributed by atoms with Gasteiger partial charge in [0.15, 0.2) is 0 Å². The number of para-hydroxylation sites is 1. The van der Waals surface area contributed by atoms with Crippen LogP contribution in [0, 0.1) is 0 Å². The van der Waals surface area contributed by atoms with Crippen LogP contribution in [0.5, 0.6) is 0 Å². The maximum Gasteiger partial charge on any atom is 0.305 e. The quantitative estimate of drug-likeness (QED) is 0.112. The summed E-state index contributed by atoms with van der Waals surface area (Å²) >= 11 is 1.44. The molecule has 0 fully saturated rings. The van der Waals surface area contributed by atoms with E-state index in [1.807, 2.05) is 30.5 Å².